The molecule has 45 heavy (non-hydrogen) atoms. The number of halogens is 2. The molecule has 3 aliphatic rings. The van der Waals surface area contributed by atoms with Gasteiger partial charge in [-0.3, -0.25) is 4.57 Å². The van der Waals surface area contributed by atoms with Crippen molar-refractivity contribution in [1.82, 2.24) is 14.8 Å². The standard InChI is InChI=1S/C31H37ClFN4O7P/c1-5-30(18-39-19-45(38,40-6-2)41-7-3)27-26(42-31(43-27)14-10-11-15-31)29(44-30)37-28-22(17-34-37)24(16-25(32)36-28)35-20(4)21-12-8-9-13-23(21)33/h1,8-9,12-13,16-17,20,26-27,29H,6-7,10-11,14-15,18-19H2,2-4H3,(H,35,36)/t20-,26+,27-,29+,30+/m0/s1. The van der Waals surface area contributed by atoms with Crippen molar-refractivity contribution < 1.29 is 37.0 Å². The van der Waals surface area contributed by atoms with Crippen molar-refractivity contribution in [3.63, 3.8) is 0 Å². The summed E-state index contributed by atoms with van der Waals surface area (Å²) < 4.78 is 65.6. The van der Waals surface area contributed by atoms with Gasteiger partial charge in [-0.05, 0) is 45.7 Å². The van der Waals surface area contributed by atoms with E-state index in [1.807, 2.05) is 6.92 Å². The molecule has 5 atom stereocenters. The summed E-state index contributed by atoms with van der Waals surface area (Å²) in [7, 11) is -3.51. The van der Waals surface area contributed by atoms with Gasteiger partial charge >= 0.3 is 7.60 Å². The van der Waals surface area contributed by atoms with E-state index in [4.69, 9.17) is 46.0 Å². The zero-order valence-corrected chi connectivity index (χ0v) is 27.1. The van der Waals surface area contributed by atoms with Crippen molar-refractivity contribution in [2.45, 2.75) is 82.3 Å². The average Bonchev–Trinajstić information content (AvgIpc) is 3.79. The van der Waals surface area contributed by atoms with Crippen LogP contribution in [0.2, 0.25) is 5.15 Å². The molecule has 242 valence electrons. The Morgan fingerprint density at radius 2 is 1.96 bits per heavy atom. The smallest absolute Gasteiger partial charge is 0.356 e. The maximum absolute atomic E-state index is 14.5. The molecule has 3 fully saturated rings. The molecule has 0 bridgehead atoms. The molecule has 0 amide bonds. The molecule has 1 N–H and O–H groups in total. The number of pyridine rings is 1. The fraction of sp³-hybridized carbons (Fsp3) is 0.548. The molecule has 2 saturated heterocycles. The Balaban J connectivity index is 1.32. The van der Waals surface area contributed by atoms with Crippen LogP contribution < -0.4 is 5.32 Å². The lowest BCUT2D eigenvalue weighted by Gasteiger charge is -2.32. The first-order chi connectivity index (χ1) is 21.7. The van der Waals surface area contributed by atoms with Gasteiger partial charge in [0.05, 0.1) is 43.1 Å². The fourth-order valence-electron chi connectivity index (χ4n) is 6.41. The molecule has 1 aliphatic carbocycles. The van der Waals surface area contributed by atoms with Gasteiger partial charge in [0.1, 0.15) is 29.5 Å². The number of benzene rings is 1. The second-order valence-corrected chi connectivity index (χ2v) is 13.8. The molecule has 11 nitrogen and oxygen atoms in total. The first-order valence-corrected chi connectivity index (χ1v) is 17.3. The number of nitrogens with zero attached hydrogens (tertiary/aromatic N) is 3. The normalized spacial score (nSPS) is 26.4. The van der Waals surface area contributed by atoms with Crippen LogP contribution in [0.4, 0.5) is 10.1 Å². The predicted molar refractivity (Wildman–Crippen MR) is 165 cm³/mol. The summed E-state index contributed by atoms with van der Waals surface area (Å²) in [6.45, 7) is 5.54. The molecule has 4 heterocycles. The van der Waals surface area contributed by atoms with E-state index < -0.39 is 37.4 Å². The third kappa shape index (κ3) is 6.13. The van der Waals surface area contributed by atoms with Crippen LogP contribution in [-0.2, 0) is 32.6 Å². The zero-order valence-electron chi connectivity index (χ0n) is 25.4. The van der Waals surface area contributed by atoms with Gasteiger partial charge in [-0.2, -0.15) is 5.10 Å². The van der Waals surface area contributed by atoms with Crippen LogP contribution in [0.1, 0.15) is 64.3 Å². The van der Waals surface area contributed by atoms with Crippen molar-refractivity contribution in [2.24, 2.45) is 0 Å². The van der Waals surface area contributed by atoms with E-state index in [1.54, 1.807) is 49.0 Å². The lowest BCUT2D eigenvalue weighted by atomic mass is 9.97. The average molecular weight is 663 g/mol. The number of fused-ring (bicyclic) bond motifs is 2. The van der Waals surface area contributed by atoms with Gasteiger partial charge in [0.25, 0.3) is 0 Å². The Morgan fingerprint density at radius 1 is 1.22 bits per heavy atom. The van der Waals surface area contributed by atoms with E-state index in [1.165, 1.54) is 6.07 Å². The highest BCUT2D eigenvalue weighted by Gasteiger charge is 2.66. The third-order valence-corrected chi connectivity index (χ3v) is 10.4. The maximum atomic E-state index is 14.5. The fourth-order valence-corrected chi connectivity index (χ4v) is 7.93. The van der Waals surface area contributed by atoms with Gasteiger partial charge in [0.15, 0.2) is 23.3 Å². The van der Waals surface area contributed by atoms with Gasteiger partial charge in [0, 0.05) is 18.4 Å². The molecule has 1 aromatic carbocycles. The van der Waals surface area contributed by atoms with Crippen LogP contribution in [0.15, 0.2) is 36.5 Å². The summed E-state index contributed by atoms with van der Waals surface area (Å²) in [6, 6.07) is 7.86. The van der Waals surface area contributed by atoms with Crippen molar-refractivity contribution in [3.8, 4) is 12.3 Å². The summed E-state index contributed by atoms with van der Waals surface area (Å²) in [4.78, 5) is 4.57. The molecule has 14 heteroatoms. The van der Waals surface area contributed by atoms with Gasteiger partial charge in [0.2, 0.25) is 0 Å². The van der Waals surface area contributed by atoms with E-state index in [0.717, 1.165) is 12.8 Å². The number of hydrogen-bond acceptors (Lipinski definition) is 10. The Hall–Kier alpha value is -2.59. The Morgan fingerprint density at radius 3 is 2.64 bits per heavy atom. The van der Waals surface area contributed by atoms with E-state index in [9.17, 15) is 8.96 Å². The van der Waals surface area contributed by atoms with Crippen molar-refractivity contribution in [1.29, 1.82) is 0 Å². The minimum absolute atomic E-state index is 0.162. The van der Waals surface area contributed by atoms with E-state index in [-0.39, 0.29) is 43.2 Å². The highest BCUT2D eigenvalue weighted by atomic mass is 35.5. The summed E-state index contributed by atoms with van der Waals surface area (Å²) in [5.74, 6) is 1.64. The second-order valence-electron chi connectivity index (χ2n) is 11.4. The zero-order chi connectivity index (χ0) is 31.8. The summed E-state index contributed by atoms with van der Waals surface area (Å²) in [5.41, 5.74) is 0.119. The van der Waals surface area contributed by atoms with Crippen molar-refractivity contribution in [2.75, 3.05) is 31.5 Å². The molecule has 2 aromatic heterocycles. The molecule has 1 spiro atoms. The molecule has 0 radical (unpaired) electrons. The van der Waals surface area contributed by atoms with Crippen LogP contribution in [0, 0.1) is 18.2 Å². The summed E-state index contributed by atoms with van der Waals surface area (Å²) in [5, 5.41) is 8.83. The first kappa shape index (κ1) is 32.4. The van der Waals surface area contributed by atoms with Crippen LogP contribution in [0.5, 0.6) is 0 Å². The molecular formula is C31H37ClFN4O7P. The number of rotatable bonds is 12. The quantitative estimate of drug-likeness (QED) is 0.129. The molecule has 0 unspecified atom stereocenters. The van der Waals surface area contributed by atoms with Crippen molar-refractivity contribution >= 4 is 35.9 Å². The minimum atomic E-state index is -3.51. The number of aromatic nitrogens is 3. The highest BCUT2D eigenvalue weighted by Crippen LogP contribution is 2.54. The van der Waals surface area contributed by atoms with Crippen LogP contribution in [0.3, 0.4) is 0 Å². The van der Waals surface area contributed by atoms with Crippen LogP contribution >= 0.6 is 19.2 Å². The third-order valence-electron chi connectivity index (χ3n) is 8.41. The van der Waals surface area contributed by atoms with E-state index in [0.29, 0.717) is 35.1 Å². The van der Waals surface area contributed by atoms with Gasteiger partial charge in [-0.25, -0.2) is 14.1 Å². The number of nitrogens with one attached hydrogen (secondary N) is 1. The number of terminal acetylenes is 1. The van der Waals surface area contributed by atoms with Crippen LogP contribution in [-0.4, -0.2) is 64.5 Å². The van der Waals surface area contributed by atoms with Gasteiger partial charge < -0.3 is 33.3 Å². The maximum Gasteiger partial charge on any atom is 0.356 e. The van der Waals surface area contributed by atoms with Gasteiger partial charge in [-0.15, -0.1) is 6.42 Å². The van der Waals surface area contributed by atoms with E-state index >= 15 is 0 Å². The SMILES string of the molecule is C#C[C@]1(COCP(=O)(OCC)OCC)O[C@@H](n2ncc3c(N[C@@H](C)c4ccccc4F)cc(Cl)nc32)[C@@H]2OC3(CCCC3)O[C@@H]21. The monoisotopic (exact) mass is 662 g/mol. The predicted octanol–water partition coefficient (Wildman–Crippen LogP) is 6.59. The molecule has 2 aliphatic heterocycles. The largest absolute Gasteiger partial charge is 0.378 e. The second kappa shape index (κ2) is 12.9. The molecule has 1 saturated carbocycles. The molecule has 6 rings (SSSR count). The number of hydrogen-bond donors (Lipinski definition) is 1. The minimum Gasteiger partial charge on any atom is -0.378 e. The van der Waals surface area contributed by atoms with Crippen LogP contribution in [0.25, 0.3) is 11.0 Å². The van der Waals surface area contributed by atoms with Crippen molar-refractivity contribution in [3.05, 3.63) is 53.1 Å². The van der Waals surface area contributed by atoms with Gasteiger partial charge in [-0.1, -0.05) is 35.7 Å². The lowest BCUT2D eigenvalue weighted by molar-refractivity contribution is -0.230. The lowest BCUT2D eigenvalue weighted by Crippen LogP contribution is -2.46. The highest BCUT2D eigenvalue weighted by molar-refractivity contribution is 7.53. The topological polar surface area (TPSA) is 115 Å². The molecule has 3 aromatic rings. The Bertz CT molecular complexity index is 1620. The molecular weight excluding hydrogens is 626 g/mol. The van der Waals surface area contributed by atoms with E-state index in [2.05, 4.69) is 21.3 Å². The number of anilines is 1. The Labute approximate surface area is 266 Å². The summed E-state index contributed by atoms with van der Waals surface area (Å²) >= 11 is 6.51. The first-order valence-electron chi connectivity index (χ1n) is 15.2. The summed E-state index contributed by atoms with van der Waals surface area (Å²) in [6.07, 6.45) is 8.56. The number of ether oxygens (including phenoxy) is 4. The Kier molecular flexibility index (Phi) is 9.27.